The molecule has 1 amide bonds. The number of ether oxygens (including phenoxy) is 1. The maximum atomic E-state index is 13.2. The van der Waals surface area contributed by atoms with E-state index in [2.05, 4.69) is 12.1 Å². The van der Waals surface area contributed by atoms with Gasteiger partial charge in [-0.1, -0.05) is 42.5 Å². The fourth-order valence-corrected chi connectivity index (χ4v) is 3.81. The zero-order valence-electron chi connectivity index (χ0n) is 20.6. The fraction of sp³-hybridized carbons (Fsp3) is 0.321. The fourth-order valence-electron chi connectivity index (χ4n) is 3.81. The molecule has 0 saturated carbocycles. The van der Waals surface area contributed by atoms with Crippen molar-refractivity contribution in [3.63, 3.8) is 0 Å². The van der Waals surface area contributed by atoms with Gasteiger partial charge in [0.15, 0.2) is 0 Å². The van der Waals surface area contributed by atoms with Gasteiger partial charge in [0.2, 0.25) is 0 Å². The van der Waals surface area contributed by atoms with Crippen LogP contribution in [0.5, 0.6) is 5.75 Å². The summed E-state index contributed by atoms with van der Waals surface area (Å²) < 4.78 is 18.1. The van der Waals surface area contributed by atoms with Crippen LogP contribution in [0, 0.1) is 0 Å². The molecule has 176 valence electrons. The molecule has 1 fully saturated rings. The van der Waals surface area contributed by atoms with Crippen LogP contribution in [-0.4, -0.2) is 37.9 Å². The average molecular weight is 457 g/mol. The number of carbonyl (C=O) groups is 1. The summed E-state index contributed by atoms with van der Waals surface area (Å²) in [5, 5.41) is 0. The quantitative estimate of drug-likeness (QED) is 0.475. The second kappa shape index (κ2) is 9.65. The number of hydrogen-bond acceptors (Lipinski definition) is 4. The first-order chi connectivity index (χ1) is 16.2. The van der Waals surface area contributed by atoms with E-state index in [1.165, 1.54) is 5.56 Å². The Morgan fingerprint density at radius 3 is 2.18 bits per heavy atom. The Kier molecular flexibility index (Phi) is 6.83. The summed E-state index contributed by atoms with van der Waals surface area (Å²) >= 11 is 0. The summed E-state index contributed by atoms with van der Waals surface area (Å²) in [5.74, 6) is 0.680. The molecule has 1 heterocycles. The molecule has 5 nitrogen and oxygen atoms in total. The maximum absolute atomic E-state index is 13.2. The lowest BCUT2D eigenvalue weighted by Gasteiger charge is -2.32. The number of benzene rings is 3. The summed E-state index contributed by atoms with van der Waals surface area (Å²) in [5.41, 5.74) is 2.59. The maximum Gasteiger partial charge on any atom is 0.494 e. The van der Waals surface area contributed by atoms with Gasteiger partial charge in [-0.05, 0) is 75.1 Å². The lowest BCUT2D eigenvalue weighted by Crippen LogP contribution is -2.41. The summed E-state index contributed by atoms with van der Waals surface area (Å²) in [6.45, 7) is 8.68. The van der Waals surface area contributed by atoms with E-state index in [1.807, 2.05) is 94.4 Å². The normalized spacial score (nSPS) is 16.3. The Morgan fingerprint density at radius 2 is 1.53 bits per heavy atom. The molecule has 3 aromatic carbocycles. The molecule has 0 unspecified atom stereocenters. The molecule has 34 heavy (non-hydrogen) atoms. The summed E-state index contributed by atoms with van der Waals surface area (Å²) in [7, 11) is 1.27. The summed E-state index contributed by atoms with van der Waals surface area (Å²) in [6, 6.07) is 25.3. The molecule has 1 aliphatic heterocycles. The standard InChI is InChI=1S/C28H32BNO4/c1-27(2)28(3,4)34-29(33-27)23-13-9-12-22(20-23)26(31)30(5)24-14-16-25(17-15-24)32-19-18-21-10-7-6-8-11-21/h6-17,20H,18-19H2,1-5H3. The third-order valence-electron chi connectivity index (χ3n) is 6.69. The van der Waals surface area contributed by atoms with Gasteiger partial charge in [0, 0.05) is 24.7 Å². The van der Waals surface area contributed by atoms with Gasteiger partial charge in [-0.2, -0.15) is 0 Å². The second-order valence-electron chi connectivity index (χ2n) is 9.66. The lowest BCUT2D eigenvalue weighted by molar-refractivity contribution is 0.00578. The van der Waals surface area contributed by atoms with Crippen molar-refractivity contribution < 1.29 is 18.8 Å². The third kappa shape index (κ3) is 5.19. The first kappa shape index (κ1) is 24.1. The largest absolute Gasteiger partial charge is 0.494 e. The zero-order chi connectivity index (χ0) is 24.3. The highest BCUT2D eigenvalue weighted by atomic mass is 16.7. The Morgan fingerprint density at radius 1 is 0.882 bits per heavy atom. The molecule has 3 aromatic rings. The number of anilines is 1. The number of hydrogen-bond donors (Lipinski definition) is 0. The second-order valence-corrected chi connectivity index (χ2v) is 9.66. The van der Waals surface area contributed by atoms with Crippen molar-refractivity contribution >= 4 is 24.2 Å². The van der Waals surface area contributed by atoms with Crippen LogP contribution >= 0.6 is 0 Å². The first-order valence-electron chi connectivity index (χ1n) is 11.7. The smallest absolute Gasteiger partial charge is 0.493 e. The monoisotopic (exact) mass is 457 g/mol. The summed E-state index contributed by atoms with van der Waals surface area (Å²) in [6.07, 6.45) is 0.847. The van der Waals surface area contributed by atoms with E-state index in [0.717, 1.165) is 23.3 Å². The molecular weight excluding hydrogens is 425 g/mol. The van der Waals surface area contributed by atoms with Crippen LogP contribution in [0.2, 0.25) is 0 Å². The Bertz CT molecular complexity index is 1110. The highest BCUT2D eigenvalue weighted by Crippen LogP contribution is 2.36. The van der Waals surface area contributed by atoms with Gasteiger partial charge in [-0.15, -0.1) is 0 Å². The van der Waals surface area contributed by atoms with Crippen LogP contribution in [0.25, 0.3) is 0 Å². The van der Waals surface area contributed by atoms with Crippen LogP contribution in [0.15, 0.2) is 78.9 Å². The number of rotatable bonds is 7. The van der Waals surface area contributed by atoms with Crippen LogP contribution in [-0.2, 0) is 15.7 Å². The van der Waals surface area contributed by atoms with Crippen molar-refractivity contribution in [2.45, 2.75) is 45.3 Å². The van der Waals surface area contributed by atoms with Crippen molar-refractivity contribution in [2.24, 2.45) is 0 Å². The molecular formula is C28H32BNO4. The Labute approximate surface area is 202 Å². The molecule has 0 bridgehead atoms. The predicted molar refractivity (Wildman–Crippen MR) is 137 cm³/mol. The molecule has 0 N–H and O–H groups in total. The van der Waals surface area contributed by atoms with E-state index in [4.69, 9.17) is 14.0 Å². The highest BCUT2D eigenvalue weighted by molar-refractivity contribution is 6.62. The van der Waals surface area contributed by atoms with E-state index in [1.54, 1.807) is 11.9 Å². The van der Waals surface area contributed by atoms with Crippen molar-refractivity contribution in [2.75, 3.05) is 18.6 Å². The minimum absolute atomic E-state index is 0.101. The summed E-state index contributed by atoms with van der Waals surface area (Å²) in [4.78, 5) is 14.8. The van der Waals surface area contributed by atoms with E-state index in [9.17, 15) is 4.79 Å². The van der Waals surface area contributed by atoms with Crippen LogP contribution in [0.1, 0.15) is 43.6 Å². The minimum Gasteiger partial charge on any atom is -0.493 e. The lowest BCUT2D eigenvalue weighted by atomic mass is 9.78. The molecule has 1 aliphatic rings. The number of amides is 1. The van der Waals surface area contributed by atoms with E-state index >= 15 is 0 Å². The van der Waals surface area contributed by atoms with E-state index < -0.39 is 18.3 Å². The topological polar surface area (TPSA) is 48.0 Å². The van der Waals surface area contributed by atoms with Gasteiger partial charge in [0.1, 0.15) is 5.75 Å². The van der Waals surface area contributed by atoms with E-state index in [-0.39, 0.29) is 5.91 Å². The molecule has 0 atom stereocenters. The molecule has 1 saturated heterocycles. The first-order valence-corrected chi connectivity index (χ1v) is 11.7. The number of nitrogens with zero attached hydrogens (tertiary/aromatic N) is 1. The van der Waals surface area contributed by atoms with E-state index in [0.29, 0.717) is 12.2 Å². The molecule has 0 radical (unpaired) electrons. The van der Waals surface area contributed by atoms with Gasteiger partial charge in [0.25, 0.3) is 5.91 Å². The highest BCUT2D eigenvalue weighted by Gasteiger charge is 2.51. The van der Waals surface area contributed by atoms with Gasteiger partial charge >= 0.3 is 7.12 Å². The molecule has 0 aromatic heterocycles. The SMILES string of the molecule is CN(C(=O)c1cccc(B2OC(C)(C)C(C)(C)O2)c1)c1ccc(OCCc2ccccc2)cc1. The van der Waals surface area contributed by atoms with Crippen LogP contribution in [0.4, 0.5) is 5.69 Å². The zero-order valence-corrected chi connectivity index (χ0v) is 20.6. The van der Waals surface area contributed by atoms with Crippen molar-refractivity contribution in [3.8, 4) is 5.75 Å². The third-order valence-corrected chi connectivity index (χ3v) is 6.69. The average Bonchev–Trinajstić information content (AvgIpc) is 3.06. The predicted octanol–water partition coefficient (Wildman–Crippen LogP) is 4.88. The molecule has 4 rings (SSSR count). The minimum atomic E-state index is -0.504. The van der Waals surface area contributed by atoms with Crippen LogP contribution in [0.3, 0.4) is 0 Å². The molecule has 6 heteroatoms. The number of carbonyl (C=O) groups excluding carboxylic acids is 1. The molecule has 0 aliphatic carbocycles. The van der Waals surface area contributed by atoms with Crippen molar-refractivity contribution in [1.82, 2.24) is 0 Å². The van der Waals surface area contributed by atoms with Gasteiger partial charge in [-0.25, -0.2) is 0 Å². The Balaban J connectivity index is 1.39. The van der Waals surface area contributed by atoms with Gasteiger partial charge < -0.3 is 18.9 Å². The van der Waals surface area contributed by atoms with Crippen LogP contribution < -0.4 is 15.1 Å². The Hall–Kier alpha value is -3.09. The van der Waals surface area contributed by atoms with Crippen molar-refractivity contribution in [3.05, 3.63) is 90.0 Å². The van der Waals surface area contributed by atoms with Crippen molar-refractivity contribution in [1.29, 1.82) is 0 Å². The van der Waals surface area contributed by atoms with Gasteiger partial charge in [0.05, 0.1) is 17.8 Å². The molecule has 0 spiro atoms. The van der Waals surface area contributed by atoms with Gasteiger partial charge in [-0.3, -0.25) is 4.79 Å².